The fraction of sp³-hybridized carbons (Fsp3) is 0.308. The molecule has 4 nitrogen and oxygen atoms in total. The Bertz CT molecular complexity index is 1150. The van der Waals surface area contributed by atoms with Gasteiger partial charge < -0.3 is 15.1 Å². The predicted molar refractivity (Wildman–Crippen MR) is 135 cm³/mol. The van der Waals surface area contributed by atoms with Gasteiger partial charge in [0.25, 0.3) is 0 Å². The summed E-state index contributed by atoms with van der Waals surface area (Å²) in [5.41, 5.74) is 6.77. The quantitative estimate of drug-likeness (QED) is 0.213. The van der Waals surface area contributed by atoms with E-state index in [0.29, 0.717) is 19.5 Å². The van der Waals surface area contributed by atoms with Gasteiger partial charge in [-0.3, -0.25) is 4.57 Å². The number of rotatable bonds is 10. The zero-order chi connectivity index (χ0) is 24.0. The van der Waals surface area contributed by atoms with Gasteiger partial charge in [-0.1, -0.05) is 58.4 Å². The molecular formula is C26H30BrFNO3P. The third-order valence-electron chi connectivity index (χ3n) is 5.83. The van der Waals surface area contributed by atoms with E-state index in [2.05, 4.69) is 65.4 Å². The Kier molecular flexibility index (Phi) is 9.02. The molecule has 1 unspecified atom stereocenters. The van der Waals surface area contributed by atoms with Gasteiger partial charge in [-0.2, -0.15) is 0 Å². The van der Waals surface area contributed by atoms with E-state index in [0.717, 1.165) is 27.6 Å². The predicted octanol–water partition coefficient (Wildman–Crippen LogP) is 6.24. The summed E-state index contributed by atoms with van der Waals surface area (Å²) >= 11 is 3.73. The van der Waals surface area contributed by atoms with Crippen LogP contribution in [-0.2, 0) is 17.5 Å². The highest BCUT2D eigenvalue weighted by atomic mass is 79.9. The minimum absolute atomic E-state index is 0.0116. The summed E-state index contributed by atoms with van der Waals surface area (Å²) in [4.78, 5) is 17.9. The Morgan fingerprint density at radius 2 is 1.76 bits per heavy atom. The minimum atomic E-state index is -3.95. The second-order valence-corrected chi connectivity index (χ2v) is 11.1. The first-order valence-corrected chi connectivity index (χ1v) is 13.6. The van der Waals surface area contributed by atoms with E-state index in [1.54, 1.807) is 12.1 Å². The zero-order valence-electron chi connectivity index (χ0n) is 18.9. The molecule has 0 heterocycles. The third kappa shape index (κ3) is 7.87. The van der Waals surface area contributed by atoms with Gasteiger partial charge in [-0.15, -0.1) is 0 Å². The maximum absolute atomic E-state index is 14.1. The average molecular weight is 534 g/mol. The Morgan fingerprint density at radius 3 is 2.42 bits per heavy atom. The van der Waals surface area contributed by atoms with E-state index in [1.807, 2.05) is 12.1 Å². The molecule has 0 fully saturated rings. The van der Waals surface area contributed by atoms with Crippen LogP contribution in [0.5, 0.6) is 0 Å². The molecule has 33 heavy (non-hydrogen) atoms. The van der Waals surface area contributed by atoms with Crippen molar-refractivity contribution in [2.75, 3.05) is 12.7 Å². The van der Waals surface area contributed by atoms with Crippen LogP contribution < -0.4 is 5.32 Å². The van der Waals surface area contributed by atoms with E-state index < -0.39 is 7.60 Å². The Labute approximate surface area is 203 Å². The molecule has 7 heteroatoms. The Hall–Kier alpha value is -1.82. The molecule has 0 saturated heterocycles. The van der Waals surface area contributed by atoms with Crippen LogP contribution in [0.1, 0.15) is 45.7 Å². The van der Waals surface area contributed by atoms with Crippen LogP contribution in [0.4, 0.5) is 4.39 Å². The average Bonchev–Trinajstić information content (AvgIpc) is 2.74. The molecule has 0 spiro atoms. The fourth-order valence-corrected chi connectivity index (χ4v) is 5.18. The summed E-state index contributed by atoms with van der Waals surface area (Å²) in [7, 11) is -3.95. The van der Waals surface area contributed by atoms with E-state index in [4.69, 9.17) is 9.79 Å². The van der Waals surface area contributed by atoms with E-state index >= 15 is 0 Å². The molecule has 3 N–H and O–H groups in total. The standard InChI is InChI=1S/C26H30BrFNO3P/c1-18-7-8-20(13-19(18)2)14-25(22-5-3-6-23(28)16-22)24-10-9-21(15-26(24)27)17-29-11-4-12-33(30,31)32/h3,5-10,13,15-16,25,29H,4,11-12,14,17H2,1-2H3,(H2,30,31,32). The molecule has 3 rings (SSSR count). The first kappa shape index (κ1) is 25.8. The van der Waals surface area contributed by atoms with Crippen molar-refractivity contribution in [1.29, 1.82) is 0 Å². The van der Waals surface area contributed by atoms with E-state index in [9.17, 15) is 8.96 Å². The van der Waals surface area contributed by atoms with Crippen LogP contribution in [0, 0.1) is 19.7 Å². The molecule has 176 valence electrons. The summed E-state index contributed by atoms with van der Waals surface area (Å²) in [5.74, 6) is -0.257. The van der Waals surface area contributed by atoms with Crippen molar-refractivity contribution in [3.05, 3.63) is 104 Å². The van der Waals surface area contributed by atoms with Crippen molar-refractivity contribution in [3.63, 3.8) is 0 Å². The van der Waals surface area contributed by atoms with E-state index in [1.165, 1.54) is 22.8 Å². The van der Waals surface area contributed by atoms with Crippen molar-refractivity contribution in [3.8, 4) is 0 Å². The maximum Gasteiger partial charge on any atom is 0.325 e. The number of aryl methyl sites for hydroxylation is 2. The van der Waals surface area contributed by atoms with Crippen LogP contribution >= 0.6 is 23.5 Å². The summed E-state index contributed by atoms with van der Waals surface area (Å²) < 4.78 is 26.0. The SMILES string of the molecule is Cc1ccc(CC(c2cccc(F)c2)c2ccc(CNCCCP(=O)(O)O)cc2Br)cc1C. The molecule has 0 radical (unpaired) electrons. The van der Waals surface area contributed by atoms with Gasteiger partial charge in [-0.25, -0.2) is 4.39 Å². The van der Waals surface area contributed by atoms with Gasteiger partial charge in [0.1, 0.15) is 5.82 Å². The van der Waals surface area contributed by atoms with Gasteiger partial charge in [0.15, 0.2) is 0 Å². The molecule has 3 aromatic rings. The van der Waals surface area contributed by atoms with Crippen LogP contribution in [0.2, 0.25) is 0 Å². The normalized spacial score (nSPS) is 12.7. The Morgan fingerprint density at radius 1 is 1.00 bits per heavy atom. The largest absolute Gasteiger partial charge is 0.325 e. The Balaban J connectivity index is 1.79. The fourth-order valence-electron chi connectivity index (χ4n) is 3.90. The van der Waals surface area contributed by atoms with E-state index in [-0.39, 0.29) is 17.9 Å². The molecule has 0 bridgehead atoms. The third-order valence-corrected chi connectivity index (χ3v) is 7.42. The first-order chi connectivity index (χ1) is 15.6. The van der Waals surface area contributed by atoms with Crippen LogP contribution in [0.3, 0.4) is 0 Å². The van der Waals surface area contributed by atoms with Crippen molar-refractivity contribution in [2.45, 2.75) is 39.2 Å². The molecule has 0 aliphatic heterocycles. The maximum atomic E-state index is 14.1. The highest BCUT2D eigenvalue weighted by Gasteiger charge is 2.19. The van der Waals surface area contributed by atoms with Gasteiger partial charge in [-0.05, 0) is 84.8 Å². The number of halogens is 2. The van der Waals surface area contributed by atoms with Crippen molar-refractivity contribution in [2.24, 2.45) is 0 Å². The lowest BCUT2D eigenvalue weighted by Crippen LogP contribution is -2.16. The molecule has 0 saturated carbocycles. The summed E-state index contributed by atoms with van der Waals surface area (Å²) in [6.07, 6.45) is 1.06. The molecule has 3 aromatic carbocycles. The van der Waals surface area contributed by atoms with Crippen LogP contribution in [0.25, 0.3) is 0 Å². The molecule has 0 aliphatic carbocycles. The highest BCUT2D eigenvalue weighted by molar-refractivity contribution is 9.10. The lowest BCUT2D eigenvalue weighted by molar-refractivity contribution is 0.371. The van der Waals surface area contributed by atoms with Gasteiger partial charge in [0.05, 0.1) is 6.16 Å². The lowest BCUT2D eigenvalue weighted by Gasteiger charge is -2.21. The summed E-state index contributed by atoms with van der Waals surface area (Å²) in [6.45, 7) is 5.33. The number of benzene rings is 3. The summed E-state index contributed by atoms with van der Waals surface area (Å²) in [5, 5.41) is 3.23. The van der Waals surface area contributed by atoms with Crippen LogP contribution in [-0.4, -0.2) is 22.5 Å². The smallest absolute Gasteiger partial charge is 0.324 e. The van der Waals surface area contributed by atoms with Gasteiger partial charge >= 0.3 is 7.60 Å². The minimum Gasteiger partial charge on any atom is -0.324 e. The topological polar surface area (TPSA) is 69.6 Å². The molecular weight excluding hydrogens is 504 g/mol. The first-order valence-electron chi connectivity index (χ1n) is 11.0. The molecule has 1 atom stereocenters. The molecule has 0 aromatic heterocycles. The van der Waals surface area contributed by atoms with Crippen LogP contribution in [0.15, 0.2) is 65.1 Å². The van der Waals surface area contributed by atoms with Crippen molar-refractivity contribution < 1.29 is 18.7 Å². The van der Waals surface area contributed by atoms with Gasteiger partial charge in [0.2, 0.25) is 0 Å². The number of hydrogen-bond donors (Lipinski definition) is 3. The van der Waals surface area contributed by atoms with Crippen molar-refractivity contribution >= 4 is 23.5 Å². The number of hydrogen-bond acceptors (Lipinski definition) is 2. The monoisotopic (exact) mass is 533 g/mol. The second-order valence-electron chi connectivity index (χ2n) is 8.50. The highest BCUT2D eigenvalue weighted by Crippen LogP contribution is 2.35. The zero-order valence-corrected chi connectivity index (χ0v) is 21.4. The number of nitrogens with one attached hydrogen (secondary N) is 1. The van der Waals surface area contributed by atoms with Crippen molar-refractivity contribution in [1.82, 2.24) is 5.32 Å². The second kappa shape index (κ2) is 11.5. The molecule has 0 aliphatic rings. The summed E-state index contributed by atoms with van der Waals surface area (Å²) in [6, 6.07) is 19.4. The van der Waals surface area contributed by atoms with Gasteiger partial charge in [0, 0.05) is 16.9 Å². The lowest BCUT2D eigenvalue weighted by atomic mass is 9.85. The molecule has 0 amide bonds.